The van der Waals surface area contributed by atoms with Crippen molar-refractivity contribution in [2.75, 3.05) is 6.61 Å². The van der Waals surface area contributed by atoms with Crippen LogP contribution in [-0.4, -0.2) is 26.7 Å². The fourth-order valence-electron chi connectivity index (χ4n) is 4.34. The molecule has 1 aromatic heterocycles. The van der Waals surface area contributed by atoms with Gasteiger partial charge >= 0.3 is 0 Å². The van der Waals surface area contributed by atoms with E-state index in [2.05, 4.69) is 36.2 Å². The number of unbranched alkanes of at least 4 members (excludes halogenated alkanes) is 8. The highest BCUT2D eigenvalue weighted by Crippen LogP contribution is 2.31. The molecule has 1 N–H and O–H groups in total. The number of phenolic OH excluding ortho intramolecular Hbond substituents is 1. The molecule has 33 heavy (non-hydrogen) atoms. The minimum absolute atomic E-state index is 0.311. The molecule has 0 bridgehead atoms. The zero-order valence-electron chi connectivity index (χ0n) is 20.8. The molecule has 0 radical (unpaired) electrons. The van der Waals surface area contributed by atoms with Crippen LogP contribution in [0.5, 0.6) is 11.5 Å². The molecule has 0 aliphatic heterocycles. The second-order valence-electron chi connectivity index (χ2n) is 9.02. The van der Waals surface area contributed by atoms with E-state index in [0.717, 1.165) is 41.6 Å². The molecule has 0 amide bonds. The Hall–Kier alpha value is -2.56. The number of nitrogens with zero attached hydrogens (tertiary/aromatic N) is 3. The maximum atomic E-state index is 11.1. The molecule has 0 unspecified atom stereocenters. The van der Waals surface area contributed by atoms with Crippen molar-refractivity contribution in [1.29, 1.82) is 0 Å². The highest BCUT2D eigenvalue weighted by molar-refractivity contribution is 5.76. The van der Waals surface area contributed by atoms with Crippen LogP contribution in [0.1, 0.15) is 96.1 Å². The molecule has 0 atom stereocenters. The van der Waals surface area contributed by atoms with E-state index in [4.69, 9.17) is 4.74 Å². The van der Waals surface area contributed by atoms with Gasteiger partial charge in [0.25, 0.3) is 0 Å². The third-order valence-corrected chi connectivity index (χ3v) is 6.23. The third kappa shape index (κ3) is 7.21. The summed E-state index contributed by atoms with van der Waals surface area (Å²) in [7, 11) is 0. The number of rotatable bonds is 15. The first kappa shape index (κ1) is 25.1. The van der Waals surface area contributed by atoms with Gasteiger partial charge in [-0.05, 0) is 61.9 Å². The zero-order chi connectivity index (χ0) is 23.5. The molecule has 0 aliphatic carbocycles. The molecule has 5 heteroatoms. The highest BCUT2D eigenvalue weighted by Gasteiger charge is 2.15. The summed E-state index contributed by atoms with van der Waals surface area (Å²) in [6.07, 6.45) is 14.3. The molecule has 0 fully saturated rings. The summed E-state index contributed by atoms with van der Waals surface area (Å²) < 4.78 is 5.61. The number of fused-ring (bicyclic) bond motifs is 1. The number of hydrogen-bond donors (Lipinski definition) is 1. The van der Waals surface area contributed by atoms with Gasteiger partial charge in [0, 0.05) is 6.07 Å². The zero-order valence-corrected chi connectivity index (χ0v) is 20.8. The fraction of sp³-hybridized carbons (Fsp3) is 0.571. The number of ether oxygens (including phenoxy) is 1. The summed E-state index contributed by atoms with van der Waals surface area (Å²) in [6.45, 7) is 7.07. The van der Waals surface area contributed by atoms with Crippen LogP contribution in [0.2, 0.25) is 0 Å². The summed E-state index contributed by atoms with van der Waals surface area (Å²) in [5.41, 5.74) is 4.53. The lowest BCUT2D eigenvalue weighted by Gasteiger charge is -2.13. The standard InChI is InChI=1S/C28H41N3O2/c1-4-7-9-11-13-15-22-19-23(16-14-12-10-8-5-2)28(32)27(20-22)31-29-25-18-17-24(33-6-3)21-26(25)30-31/h17-21,32H,4-16H2,1-3H3. The third-order valence-electron chi connectivity index (χ3n) is 6.23. The van der Waals surface area contributed by atoms with Crippen molar-refractivity contribution in [3.05, 3.63) is 41.5 Å². The SMILES string of the molecule is CCCCCCCc1cc(CCCCCCC)c(O)c(-n2nc3ccc(OCC)cc3n2)c1. The number of benzene rings is 2. The molecule has 3 rings (SSSR count). The second kappa shape index (κ2) is 13.2. The maximum Gasteiger partial charge on any atom is 0.146 e. The average molecular weight is 452 g/mol. The van der Waals surface area contributed by atoms with Gasteiger partial charge in [-0.1, -0.05) is 71.3 Å². The lowest BCUT2D eigenvalue weighted by Crippen LogP contribution is -2.03. The first-order chi connectivity index (χ1) is 16.2. The Kier molecular flexibility index (Phi) is 10.0. The second-order valence-corrected chi connectivity index (χ2v) is 9.02. The van der Waals surface area contributed by atoms with E-state index in [9.17, 15) is 5.11 Å². The Balaban J connectivity index is 1.85. The minimum Gasteiger partial charge on any atom is -0.505 e. The van der Waals surface area contributed by atoms with E-state index in [1.54, 1.807) is 4.80 Å². The Morgan fingerprint density at radius 3 is 2.12 bits per heavy atom. The molecule has 0 saturated carbocycles. The lowest BCUT2D eigenvalue weighted by molar-refractivity contribution is 0.340. The lowest BCUT2D eigenvalue weighted by atomic mass is 9.98. The number of phenols is 1. The topological polar surface area (TPSA) is 60.2 Å². The summed E-state index contributed by atoms with van der Waals surface area (Å²) in [6, 6.07) is 10.0. The first-order valence-electron chi connectivity index (χ1n) is 13.0. The van der Waals surface area contributed by atoms with E-state index in [1.165, 1.54) is 63.4 Å². The van der Waals surface area contributed by atoms with Crippen molar-refractivity contribution in [3.63, 3.8) is 0 Å². The Morgan fingerprint density at radius 1 is 0.758 bits per heavy atom. The van der Waals surface area contributed by atoms with Gasteiger partial charge in [-0.3, -0.25) is 0 Å². The van der Waals surface area contributed by atoms with Gasteiger partial charge < -0.3 is 9.84 Å². The fourth-order valence-corrected chi connectivity index (χ4v) is 4.34. The van der Waals surface area contributed by atoms with Crippen LogP contribution in [0, 0.1) is 0 Å². The summed E-state index contributed by atoms with van der Waals surface area (Å²) >= 11 is 0. The molecule has 0 saturated heterocycles. The van der Waals surface area contributed by atoms with Gasteiger partial charge in [-0.2, -0.15) is 0 Å². The number of aryl methyl sites for hydroxylation is 2. The predicted octanol–water partition coefficient (Wildman–Crippen LogP) is 7.55. The van der Waals surface area contributed by atoms with Crippen molar-refractivity contribution in [3.8, 4) is 17.2 Å². The van der Waals surface area contributed by atoms with Crippen LogP contribution >= 0.6 is 0 Å². The van der Waals surface area contributed by atoms with Gasteiger partial charge in [-0.15, -0.1) is 15.0 Å². The Labute approximate surface area is 199 Å². The van der Waals surface area contributed by atoms with E-state index < -0.39 is 0 Å². The molecular formula is C28H41N3O2. The van der Waals surface area contributed by atoms with Crippen molar-refractivity contribution < 1.29 is 9.84 Å². The maximum absolute atomic E-state index is 11.1. The van der Waals surface area contributed by atoms with Crippen LogP contribution in [0.4, 0.5) is 0 Å². The quantitative estimate of drug-likeness (QED) is 0.242. The minimum atomic E-state index is 0.311. The largest absolute Gasteiger partial charge is 0.505 e. The van der Waals surface area contributed by atoms with Gasteiger partial charge in [0.1, 0.15) is 28.2 Å². The first-order valence-corrected chi connectivity index (χ1v) is 13.0. The van der Waals surface area contributed by atoms with Gasteiger partial charge in [0.05, 0.1) is 6.61 Å². The van der Waals surface area contributed by atoms with Gasteiger partial charge in [0.2, 0.25) is 0 Å². The molecule has 1 heterocycles. The van der Waals surface area contributed by atoms with E-state index in [1.807, 2.05) is 25.1 Å². The highest BCUT2D eigenvalue weighted by atomic mass is 16.5. The predicted molar refractivity (Wildman–Crippen MR) is 137 cm³/mol. The smallest absolute Gasteiger partial charge is 0.146 e. The monoisotopic (exact) mass is 451 g/mol. The van der Waals surface area contributed by atoms with Crippen LogP contribution in [0.15, 0.2) is 30.3 Å². The normalized spacial score (nSPS) is 11.4. The van der Waals surface area contributed by atoms with Crippen molar-refractivity contribution >= 4 is 11.0 Å². The molecule has 0 aliphatic rings. The molecule has 180 valence electrons. The Bertz CT molecular complexity index is 996. The molecule has 2 aromatic carbocycles. The van der Waals surface area contributed by atoms with E-state index in [-0.39, 0.29) is 0 Å². The van der Waals surface area contributed by atoms with E-state index >= 15 is 0 Å². The van der Waals surface area contributed by atoms with Crippen molar-refractivity contribution in [2.45, 2.75) is 97.8 Å². The van der Waals surface area contributed by atoms with Crippen LogP contribution in [-0.2, 0) is 12.8 Å². The summed E-state index contributed by atoms with van der Waals surface area (Å²) in [5, 5.41) is 20.5. The number of hydrogen-bond acceptors (Lipinski definition) is 4. The Morgan fingerprint density at radius 2 is 1.42 bits per heavy atom. The molecule has 5 nitrogen and oxygen atoms in total. The van der Waals surface area contributed by atoms with Crippen LogP contribution in [0.25, 0.3) is 16.7 Å². The number of aromatic hydroxyl groups is 1. The molecule has 3 aromatic rings. The number of aromatic nitrogens is 3. The van der Waals surface area contributed by atoms with Crippen molar-refractivity contribution in [2.24, 2.45) is 0 Å². The van der Waals surface area contributed by atoms with Gasteiger partial charge in [-0.25, -0.2) is 0 Å². The van der Waals surface area contributed by atoms with Crippen LogP contribution < -0.4 is 4.74 Å². The average Bonchev–Trinajstić information content (AvgIpc) is 3.24. The van der Waals surface area contributed by atoms with Gasteiger partial charge in [0.15, 0.2) is 0 Å². The van der Waals surface area contributed by atoms with Crippen molar-refractivity contribution in [1.82, 2.24) is 15.0 Å². The summed E-state index contributed by atoms with van der Waals surface area (Å²) in [5.74, 6) is 1.10. The van der Waals surface area contributed by atoms with Crippen LogP contribution in [0.3, 0.4) is 0 Å². The van der Waals surface area contributed by atoms with E-state index in [0.29, 0.717) is 18.0 Å². The summed E-state index contributed by atoms with van der Waals surface area (Å²) in [4.78, 5) is 1.59. The molecule has 0 spiro atoms. The molecular weight excluding hydrogens is 410 g/mol.